The van der Waals surface area contributed by atoms with Gasteiger partial charge in [-0.25, -0.2) is 0 Å². The van der Waals surface area contributed by atoms with Crippen LogP contribution in [-0.4, -0.2) is 10.5 Å². The Morgan fingerprint density at radius 1 is 1.06 bits per heavy atom. The number of alkyl halides is 3. The van der Waals surface area contributed by atoms with Crippen LogP contribution in [0.15, 0.2) is 48.0 Å². The molecule has 3 aromatic rings. The molecule has 0 aliphatic carbocycles. The number of aryl methyl sites for hydroxylation is 1. The van der Waals surface area contributed by atoms with Gasteiger partial charge < -0.3 is 9.88 Å². The van der Waals surface area contributed by atoms with Crippen molar-refractivity contribution in [2.24, 2.45) is 0 Å². The average molecular weight is 513 g/mol. The van der Waals surface area contributed by atoms with Gasteiger partial charge >= 0.3 is 6.18 Å². The second-order valence-electron chi connectivity index (χ2n) is 7.11. The summed E-state index contributed by atoms with van der Waals surface area (Å²) >= 11 is 18.1. The molecule has 0 spiro atoms. The zero-order chi connectivity index (χ0) is 24.5. The van der Waals surface area contributed by atoms with Gasteiger partial charge in [0.05, 0.1) is 16.3 Å². The van der Waals surface area contributed by atoms with E-state index in [1.807, 2.05) is 11.5 Å². The van der Waals surface area contributed by atoms with Gasteiger partial charge in [0.15, 0.2) is 0 Å². The molecule has 0 radical (unpaired) electrons. The monoisotopic (exact) mass is 511 g/mol. The van der Waals surface area contributed by atoms with E-state index in [1.54, 1.807) is 37.3 Å². The van der Waals surface area contributed by atoms with E-state index >= 15 is 0 Å². The van der Waals surface area contributed by atoms with E-state index in [-0.39, 0.29) is 16.3 Å². The third kappa shape index (κ3) is 5.53. The summed E-state index contributed by atoms with van der Waals surface area (Å²) in [7, 11) is 0. The van der Waals surface area contributed by atoms with Gasteiger partial charge in [0.2, 0.25) is 0 Å². The van der Waals surface area contributed by atoms with Gasteiger partial charge in [0.1, 0.15) is 11.6 Å². The minimum atomic E-state index is -4.61. The summed E-state index contributed by atoms with van der Waals surface area (Å²) in [6.07, 6.45) is -3.26. The van der Waals surface area contributed by atoms with Gasteiger partial charge in [-0.05, 0) is 68.0 Å². The van der Waals surface area contributed by atoms with E-state index in [0.717, 1.165) is 17.8 Å². The lowest BCUT2D eigenvalue weighted by atomic mass is 10.1. The Morgan fingerprint density at radius 3 is 2.27 bits per heavy atom. The summed E-state index contributed by atoms with van der Waals surface area (Å²) in [4.78, 5) is 12.6. The van der Waals surface area contributed by atoms with Crippen LogP contribution in [-0.2, 0) is 11.0 Å². The minimum absolute atomic E-state index is 0.0929. The zero-order valence-corrected chi connectivity index (χ0v) is 19.5. The molecule has 1 N–H and O–H groups in total. The van der Waals surface area contributed by atoms with Crippen molar-refractivity contribution in [3.63, 3.8) is 0 Å². The van der Waals surface area contributed by atoms with Gasteiger partial charge in [-0.3, -0.25) is 4.79 Å². The number of amides is 1. The van der Waals surface area contributed by atoms with E-state index in [1.165, 1.54) is 6.08 Å². The topological polar surface area (TPSA) is 57.8 Å². The van der Waals surface area contributed by atoms with Crippen molar-refractivity contribution < 1.29 is 18.0 Å². The molecule has 0 fully saturated rings. The molecule has 1 heterocycles. The lowest BCUT2D eigenvalue weighted by molar-refractivity contribution is -0.137. The Hall–Kier alpha value is -2.92. The number of halogens is 6. The summed E-state index contributed by atoms with van der Waals surface area (Å²) in [5, 5.41) is 12.6. The highest BCUT2D eigenvalue weighted by atomic mass is 35.5. The number of hydrogen-bond acceptors (Lipinski definition) is 2. The smallest absolute Gasteiger partial charge is 0.320 e. The van der Waals surface area contributed by atoms with Crippen molar-refractivity contribution in [2.75, 3.05) is 5.32 Å². The largest absolute Gasteiger partial charge is 0.416 e. The fraction of sp³-hybridized carbons (Fsp3) is 0.130. The summed E-state index contributed by atoms with van der Waals surface area (Å²) in [6, 6.07) is 11.1. The predicted molar refractivity (Wildman–Crippen MR) is 124 cm³/mol. The van der Waals surface area contributed by atoms with Gasteiger partial charge in [-0.2, -0.15) is 18.4 Å². The molecule has 2 aromatic carbocycles. The molecule has 1 amide bonds. The first-order chi connectivity index (χ1) is 15.4. The number of nitriles is 1. The second kappa shape index (κ2) is 9.52. The highest BCUT2D eigenvalue weighted by Crippen LogP contribution is 2.34. The van der Waals surface area contributed by atoms with Gasteiger partial charge in [-0.15, -0.1) is 0 Å². The molecule has 0 saturated carbocycles. The van der Waals surface area contributed by atoms with Crippen molar-refractivity contribution in [1.29, 1.82) is 5.26 Å². The standard InChI is InChI=1S/C23H15Cl3F3N3O/c1-12-5-14(13(2)32(12)19-9-17(24)8-18(25)10-19)6-15(11-30)22(33)31-21-7-16(23(27,28)29)3-4-20(21)26/h3-10H,1-2H3,(H,31,33)/b15-6+. The van der Waals surface area contributed by atoms with Gasteiger partial charge in [-0.1, -0.05) is 34.8 Å². The maximum atomic E-state index is 13.0. The van der Waals surface area contributed by atoms with Crippen LogP contribution in [0.1, 0.15) is 22.5 Å². The number of carbonyl (C=O) groups excluding carboxylic acids is 1. The van der Waals surface area contributed by atoms with E-state index in [4.69, 9.17) is 34.8 Å². The van der Waals surface area contributed by atoms with Crippen molar-refractivity contribution >= 4 is 52.5 Å². The van der Waals surface area contributed by atoms with Gasteiger partial charge in [0.25, 0.3) is 5.91 Å². The predicted octanol–water partition coefficient (Wildman–Crippen LogP) is 7.62. The van der Waals surface area contributed by atoms with Crippen molar-refractivity contribution in [3.8, 4) is 11.8 Å². The molecule has 0 unspecified atom stereocenters. The highest BCUT2D eigenvalue weighted by molar-refractivity contribution is 6.35. The van der Waals surface area contributed by atoms with E-state index in [0.29, 0.717) is 33.1 Å². The van der Waals surface area contributed by atoms with Crippen LogP contribution in [0.25, 0.3) is 11.8 Å². The molecule has 3 rings (SSSR count). The van der Waals surface area contributed by atoms with Crippen LogP contribution in [0, 0.1) is 25.2 Å². The van der Waals surface area contributed by atoms with Crippen LogP contribution in [0.2, 0.25) is 15.1 Å². The molecule has 0 aliphatic heterocycles. The molecule has 170 valence electrons. The Morgan fingerprint density at radius 2 is 1.70 bits per heavy atom. The number of carbonyl (C=O) groups is 1. The number of nitrogens with one attached hydrogen (secondary N) is 1. The first-order valence-corrected chi connectivity index (χ1v) is 10.5. The SMILES string of the molecule is Cc1cc(/C=C(\C#N)C(=O)Nc2cc(C(F)(F)F)ccc2Cl)c(C)n1-c1cc(Cl)cc(Cl)c1. The number of aromatic nitrogens is 1. The normalized spacial score (nSPS) is 11.9. The van der Waals surface area contributed by atoms with Crippen molar-refractivity contribution in [2.45, 2.75) is 20.0 Å². The van der Waals surface area contributed by atoms with Crippen LogP contribution >= 0.6 is 34.8 Å². The summed E-state index contributed by atoms with van der Waals surface area (Å²) in [6.45, 7) is 3.61. The first kappa shape index (κ1) is 24.7. The summed E-state index contributed by atoms with van der Waals surface area (Å²) in [5.74, 6) is -0.894. The summed E-state index contributed by atoms with van der Waals surface area (Å²) < 4.78 is 40.8. The Bertz CT molecular complexity index is 1300. The fourth-order valence-corrected chi connectivity index (χ4v) is 3.97. The number of benzene rings is 2. The van der Waals surface area contributed by atoms with Crippen LogP contribution in [0.5, 0.6) is 0 Å². The van der Waals surface area contributed by atoms with Crippen LogP contribution in [0.4, 0.5) is 18.9 Å². The van der Waals surface area contributed by atoms with Crippen LogP contribution < -0.4 is 5.32 Å². The number of nitrogens with zero attached hydrogens (tertiary/aromatic N) is 2. The molecular formula is C23H15Cl3F3N3O. The molecule has 0 bridgehead atoms. The van der Waals surface area contributed by atoms with E-state index in [2.05, 4.69) is 5.32 Å². The molecule has 0 aliphatic rings. The molecule has 0 saturated heterocycles. The van der Waals surface area contributed by atoms with Crippen LogP contribution in [0.3, 0.4) is 0 Å². The minimum Gasteiger partial charge on any atom is -0.320 e. The number of hydrogen-bond donors (Lipinski definition) is 1. The quantitative estimate of drug-likeness (QED) is 0.289. The lowest BCUT2D eigenvalue weighted by Gasteiger charge is -2.12. The van der Waals surface area contributed by atoms with E-state index < -0.39 is 17.6 Å². The third-order valence-electron chi connectivity index (χ3n) is 4.78. The Labute approximate surface area is 202 Å². The molecule has 0 atom stereocenters. The summed E-state index contributed by atoms with van der Waals surface area (Å²) in [5.41, 5.74) is 1.20. The first-order valence-electron chi connectivity index (χ1n) is 9.36. The molecule has 10 heteroatoms. The third-order valence-corrected chi connectivity index (χ3v) is 5.55. The maximum Gasteiger partial charge on any atom is 0.416 e. The average Bonchev–Trinajstić information content (AvgIpc) is 2.99. The maximum absolute atomic E-state index is 13.0. The number of rotatable bonds is 4. The Kier molecular flexibility index (Phi) is 7.13. The molecule has 1 aromatic heterocycles. The Balaban J connectivity index is 1.96. The molecule has 4 nitrogen and oxygen atoms in total. The highest BCUT2D eigenvalue weighted by Gasteiger charge is 2.31. The molecular weight excluding hydrogens is 498 g/mol. The molecule has 33 heavy (non-hydrogen) atoms. The van der Waals surface area contributed by atoms with Crippen molar-refractivity contribution in [1.82, 2.24) is 4.57 Å². The second-order valence-corrected chi connectivity index (χ2v) is 8.39. The van der Waals surface area contributed by atoms with E-state index in [9.17, 15) is 23.2 Å². The zero-order valence-electron chi connectivity index (χ0n) is 17.2. The number of anilines is 1. The lowest BCUT2D eigenvalue weighted by Crippen LogP contribution is -2.15. The fourth-order valence-electron chi connectivity index (χ4n) is 3.29. The van der Waals surface area contributed by atoms with Crippen molar-refractivity contribution in [3.05, 3.63) is 85.6 Å². The van der Waals surface area contributed by atoms with Gasteiger partial charge in [0, 0.05) is 27.1 Å².